The molecule has 6 atom stereocenters. The monoisotopic (exact) mass is 498 g/mol. The predicted octanol–water partition coefficient (Wildman–Crippen LogP) is 8.14. The van der Waals surface area contributed by atoms with Gasteiger partial charge in [0.05, 0.1) is 13.0 Å². The lowest BCUT2D eigenvalue weighted by molar-refractivity contribution is -0.146. The normalized spacial score (nSPS) is 34.7. The molecule has 4 nitrogen and oxygen atoms in total. The number of ether oxygens (including phenoxy) is 1. The summed E-state index contributed by atoms with van der Waals surface area (Å²) in [5, 5.41) is 10.3. The number of hydrogen-bond donors (Lipinski definition) is 1. The van der Waals surface area contributed by atoms with Crippen molar-refractivity contribution in [3.05, 3.63) is 35.5 Å². The summed E-state index contributed by atoms with van der Waals surface area (Å²) in [5.41, 5.74) is 5.32. The van der Waals surface area contributed by atoms with Gasteiger partial charge in [0.15, 0.2) is 0 Å². The smallest absolute Gasteiger partial charge is 0.306 e. The summed E-state index contributed by atoms with van der Waals surface area (Å²) < 4.78 is 5.00. The maximum atomic E-state index is 12.6. The molecule has 3 aliphatic carbocycles. The van der Waals surface area contributed by atoms with Gasteiger partial charge in [-0.3, -0.25) is 9.59 Å². The molecule has 4 heteroatoms. The quantitative estimate of drug-likeness (QED) is 0.244. The molecule has 0 aromatic heterocycles. The van der Waals surface area contributed by atoms with Gasteiger partial charge >= 0.3 is 11.9 Å². The van der Waals surface area contributed by atoms with E-state index in [0.717, 1.165) is 56.9 Å². The van der Waals surface area contributed by atoms with Crippen LogP contribution in [0, 0.1) is 39.9 Å². The highest BCUT2D eigenvalue weighted by molar-refractivity contribution is 5.71. The zero-order valence-electron chi connectivity index (χ0n) is 24.0. The van der Waals surface area contributed by atoms with Crippen molar-refractivity contribution in [1.82, 2.24) is 0 Å². The van der Waals surface area contributed by atoms with Gasteiger partial charge in [-0.15, -0.1) is 0 Å². The zero-order valence-corrected chi connectivity index (χ0v) is 24.0. The number of aliphatic carboxylic acids is 1. The molecule has 1 N–H and O–H groups in total. The highest BCUT2D eigenvalue weighted by Gasteiger charge is 2.62. The number of carboxylic acid groups (broad SMARTS) is 1. The fourth-order valence-electron chi connectivity index (χ4n) is 8.51. The maximum Gasteiger partial charge on any atom is 0.306 e. The Balaban J connectivity index is 1.99. The van der Waals surface area contributed by atoms with Gasteiger partial charge in [0.25, 0.3) is 0 Å². The van der Waals surface area contributed by atoms with Gasteiger partial charge in [0.1, 0.15) is 0 Å². The van der Waals surface area contributed by atoms with E-state index in [1.807, 2.05) is 0 Å². The Morgan fingerprint density at radius 2 is 1.72 bits per heavy atom. The van der Waals surface area contributed by atoms with Crippen LogP contribution in [0.4, 0.5) is 0 Å². The summed E-state index contributed by atoms with van der Waals surface area (Å²) in [6.45, 7) is 22.1. The average Bonchev–Trinajstić information content (AvgIpc) is 3.08. The molecule has 0 amide bonds. The first kappa shape index (κ1) is 28.7. The molecule has 1 unspecified atom stereocenters. The lowest BCUT2D eigenvalue weighted by atomic mass is 9.47. The molecule has 202 valence electrons. The molecule has 0 heterocycles. The molecule has 3 aliphatic rings. The molecule has 0 bridgehead atoms. The molecule has 0 saturated heterocycles. The number of carbonyl (C=O) groups excluding carboxylic acids is 1. The van der Waals surface area contributed by atoms with Crippen LogP contribution in [0.15, 0.2) is 35.5 Å². The van der Waals surface area contributed by atoms with Crippen molar-refractivity contribution in [1.29, 1.82) is 0 Å². The fourth-order valence-corrected chi connectivity index (χ4v) is 8.51. The van der Waals surface area contributed by atoms with Crippen LogP contribution < -0.4 is 0 Å². The Labute approximate surface area is 219 Å². The minimum atomic E-state index is -0.643. The number of allylic oxidation sites excluding steroid dienone is 4. The molecule has 0 aromatic carbocycles. The molecule has 0 radical (unpaired) electrons. The molecule has 0 spiro atoms. The molecule has 3 rings (SSSR count). The predicted molar refractivity (Wildman–Crippen MR) is 146 cm³/mol. The average molecular weight is 499 g/mol. The van der Waals surface area contributed by atoms with Crippen LogP contribution in [0.5, 0.6) is 0 Å². The van der Waals surface area contributed by atoms with Crippen molar-refractivity contribution in [2.75, 3.05) is 7.11 Å². The standard InChI is InChI=1S/C32H50O4/c1-20(2)22(5)10-11-23(29(34)35)25-14-18-32(8)27-13-12-24(21(3)4)30(6,17-16-28(33)36-9)26(27)15-19-31(25,32)7/h20,23-25H,3,5,10-19H2,1-2,4,6-9H3,(H,34,35)/t23-,24+,25?,30+,31-,32+/m1/s1. The number of fused-ring (bicyclic) bond motifs is 2. The Morgan fingerprint density at radius 1 is 1.06 bits per heavy atom. The number of hydrogen-bond acceptors (Lipinski definition) is 3. The van der Waals surface area contributed by atoms with Gasteiger partial charge in [-0.2, -0.15) is 0 Å². The molecular formula is C32H50O4. The van der Waals surface area contributed by atoms with E-state index >= 15 is 0 Å². The third kappa shape index (κ3) is 4.74. The SMILES string of the molecule is C=C(CC[C@@H](C(=O)O)C1CC[C@@]2(C)C3=C(CC[C@]12C)[C@@](C)(CCC(=O)OC)[C@H](C(=C)C)CC3)C(C)C. The molecular weight excluding hydrogens is 448 g/mol. The number of carbonyl (C=O) groups is 2. The zero-order chi connectivity index (χ0) is 27.1. The summed E-state index contributed by atoms with van der Waals surface area (Å²) in [5.74, 6) is -0.196. The Kier molecular flexibility index (Phi) is 8.38. The second-order valence-corrected chi connectivity index (χ2v) is 13.1. The summed E-state index contributed by atoms with van der Waals surface area (Å²) >= 11 is 0. The largest absolute Gasteiger partial charge is 0.481 e. The fraction of sp³-hybridized carbons (Fsp3) is 0.750. The highest BCUT2D eigenvalue weighted by Crippen LogP contribution is 2.71. The Bertz CT molecular complexity index is 942. The van der Waals surface area contributed by atoms with E-state index in [9.17, 15) is 14.7 Å². The van der Waals surface area contributed by atoms with Gasteiger partial charge in [-0.1, -0.05) is 70.1 Å². The second kappa shape index (κ2) is 10.5. The van der Waals surface area contributed by atoms with Gasteiger partial charge in [-0.05, 0) is 98.7 Å². The lowest BCUT2D eigenvalue weighted by Gasteiger charge is -2.57. The first-order valence-corrected chi connectivity index (χ1v) is 14.1. The van der Waals surface area contributed by atoms with E-state index in [4.69, 9.17) is 4.74 Å². The van der Waals surface area contributed by atoms with E-state index in [0.29, 0.717) is 24.7 Å². The highest BCUT2D eigenvalue weighted by atomic mass is 16.5. The van der Waals surface area contributed by atoms with Crippen LogP contribution in [-0.4, -0.2) is 24.2 Å². The Morgan fingerprint density at radius 3 is 2.28 bits per heavy atom. The summed E-state index contributed by atoms with van der Waals surface area (Å²) in [6, 6.07) is 0. The lowest BCUT2D eigenvalue weighted by Crippen LogP contribution is -2.49. The maximum absolute atomic E-state index is 12.6. The first-order valence-electron chi connectivity index (χ1n) is 14.1. The second-order valence-electron chi connectivity index (χ2n) is 13.1. The Hall–Kier alpha value is -1.84. The van der Waals surface area contributed by atoms with Crippen molar-refractivity contribution in [3.63, 3.8) is 0 Å². The summed E-state index contributed by atoms with van der Waals surface area (Å²) in [7, 11) is 1.47. The van der Waals surface area contributed by atoms with Gasteiger partial charge in [0, 0.05) is 6.42 Å². The number of rotatable bonds is 10. The summed E-state index contributed by atoms with van der Waals surface area (Å²) in [4.78, 5) is 24.7. The van der Waals surface area contributed by atoms with Crippen LogP contribution in [0.2, 0.25) is 0 Å². The van der Waals surface area contributed by atoms with Crippen molar-refractivity contribution in [3.8, 4) is 0 Å². The van der Waals surface area contributed by atoms with E-state index in [2.05, 4.69) is 54.7 Å². The minimum Gasteiger partial charge on any atom is -0.481 e. The molecule has 0 aliphatic heterocycles. The van der Waals surface area contributed by atoms with E-state index in [1.54, 1.807) is 5.57 Å². The van der Waals surface area contributed by atoms with Crippen molar-refractivity contribution < 1.29 is 19.4 Å². The number of esters is 1. The van der Waals surface area contributed by atoms with Crippen LogP contribution >= 0.6 is 0 Å². The molecule has 36 heavy (non-hydrogen) atoms. The number of methoxy groups -OCH3 is 1. The first-order chi connectivity index (χ1) is 16.7. The topological polar surface area (TPSA) is 63.6 Å². The van der Waals surface area contributed by atoms with Gasteiger partial charge in [-0.25, -0.2) is 0 Å². The van der Waals surface area contributed by atoms with Gasteiger partial charge < -0.3 is 9.84 Å². The van der Waals surface area contributed by atoms with Crippen LogP contribution in [0.1, 0.15) is 106 Å². The van der Waals surface area contributed by atoms with Crippen molar-refractivity contribution in [2.24, 2.45) is 39.9 Å². The molecule has 1 saturated carbocycles. The van der Waals surface area contributed by atoms with Crippen LogP contribution in [-0.2, 0) is 14.3 Å². The van der Waals surface area contributed by atoms with Crippen molar-refractivity contribution >= 4 is 11.9 Å². The third-order valence-corrected chi connectivity index (χ3v) is 11.2. The molecule has 1 fully saturated rings. The van der Waals surface area contributed by atoms with E-state index in [1.165, 1.54) is 18.3 Å². The van der Waals surface area contributed by atoms with E-state index < -0.39 is 5.97 Å². The van der Waals surface area contributed by atoms with Gasteiger partial charge in [0.2, 0.25) is 0 Å². The summed E-state index contributed by atoms with van der Waals surface area (Å²) in [6.07, 6.45) is 8.81. The van der Waals surface area contributed by atoms with Crippen molar-refractivity contribution in [2.45, 2.75) is 106 Å². The number of carboxylic acids is 1. The van der Waals surface area contributed by atoms with E-state index in [-0.39, 0.29) is 34.1 Å². The molecule has 0 aromatic rings. The van der Waals surface area contributed by atoms with Crippen LogP contribution in [0.3, 0.4) is 0 Å². The minimum absolute atomic E-state index is 0.000572. The third-order valence-electron chi connectivity index (χ3n) is 11.2. The van der Waals surface area contributed by atoms with Crippen LogP contribution in [0.25, 0.3) is 0 Å².